The number of rotatable bonds is 6. The van der Waals surface area contributed by atoms with Gasteiger partial charge in [0, 0.05) is 18.8 Å². The molecule has 0 spiro atoms. The molecule has 1 atom stereocenters. The molecule has 2 N–H and O–H groups in total. The fourth-order valence-corrected chi connectivity index (χ4v) is 3.29. The Bertz CT molecular complexity index is 761. The van der Waals surface area contributed by atoms with E-state index in [9.17, 15) is 9.59 Å². The molecule has 0 aliphatic carbocycles. The number of likely N-dealkylation sites (tertiary alicyclic amines) is 1. The van der Waals surface area contributed by atoms with Crippen LogP contribution in [0, 0.1) is 5.92 Å². The van der Waals surface area contributed by atoms with Crippen molar-refractivity contribution in [3.63, 3.8) is 0 Å². The maximum absolute atomic E-state index is 12.3. The second-order valence-corrected chi connectivity index (χ2v) is 6.74. The Labute approximate surface area is 153 Å². The summed E-state index contributed by atoms with van der Waals surface area (Å²) in [6, 6.07) is 18.0. The maximum atomic E-state index is 12.3. The molecule has 0 bridgehead atoms. The van der Waals surface area contributed by atoms with Gasteiger partial charge in [0.05, 0.1) is 5.92 Å². The minimum absolute atomic E-state index is 0.227. The number of aliphatic carboxylic acids is 1. The number of carbonyl (C=O) groups excluding carboxylic acids is 1. The van der Waals surface area contributed by atoms with E-state index in [0.29, 0.717) is 13.0 Å². The fourth-order valence-electron chi connectivity index (χ4n) is 3.29. The highest BCUT2D eigenvalue weighted by Gasteiger charge is 2.30. The van der Waals surface area contributed by atoms with Gasteiger partial charge in [0.2, 0.25) is 0 Å². The number of hydrogen-bond acceptors (Lipinski definition) is 2. The number of carboxylic acid groups (broad SMARTS) is 1. The van der Waals surface area contributed by atoms with Crippen molar-refractivity contribution in [2.45, 2.75) is 25.7 Å². The smallest absolute Gasteiger partial charge is 0.321 e. The number of amides is 2. The summed E-state index contributed by atoms with van der Waals surface area (Å²) in [5.74, 6) is -1.29. The minimum Gasteiger partial charge on any atom is -0.481 e. The predicted molar refractivity (Wildman–Crippen MR) is 101 cm³/mol. The van der Waals surface area contributed by atoms with Crippen molar-refractivity contribution < 1.29 is 14.7 Å². The summed E-state index contributed by atoms with van der Waals surface area (Å²) in [5, 5.41) is 11.9. The number of benzene rings is 2. The summed E-state index contributed by atoms with van der Waals surface area (Å²) in [6.45, 7) is 0.761. The maximum Gasteiger partial charge on any atom is 0.321 e. The van der Waals surface area contributed by atoms with E-state index >= 15 is 0 Å². The summed E-state index contributed by atoms with van der Waals surface area (Å²) < 4.78 is 0. The van der Waals surface area contributed by atoms with Gasteiger partial charge in [-0.15, -0.1) is 0 Å². The van der Waals surface area contributed by atoms with Gasteiger partial charge in [-0.1, -0.05) is 42.5 Å². The zero-order valence-electron chi connectivity index (χ0n) is 14.7. The fraction of sp³-hybridized carbons (Fsp3) is 0.333. The highest BCUT2D eigenvalue weighted by molar-refractivity contribution is 5.90. The molecule has 0 radical (unpaired) electrons. The number of urea groups is 1. The molecule has 5 heteroatoms. The lowest BCUT2D eigenvalue weighted by Gasteiger charge is -2.17. The van der Waals surface area contributed by atoms with Gasteiger partial charge in [0.25, 0.3) is 0 Å². The lowest BCUT2D eigenvalue weighted by atomic mass is 10.0. The van der Waals surface area contributed by atoms with Crippen LogP contribution in [0.5, 0.6) is 0 Å². The van der Waals surface area contributed by atoms with E-state index in [4.69, 9.17) is 5.11 Å². The van der Waals surface area contributed by atoms with Crippen molar-refractivity contribution in [3.8, 4) is 0 Å². The monoisotopic (exact) mass is 352 g/mol. The molecule has 0 aromatic heterocycles. The zero-order valence-corrected chi connectivity index (χ0v) is 14.7. The lowest BCUT2D eigenvalue weighted by molar-refractivity contribution is -0.141. The van der Waals surface area contributed by atoms with Crippen molar-refractivity contribution in [1.29, 1.82) is 0 Å². The number of aryl methyl sites for hydroxylation is 2. The van der Waals surface area contributed by atoms with Crippen molar-refractivity contribution in [1.82, 2.24) is 4.90 Å². The molecule has 1 aliphatic rings. The summed E-state index contributed by atoms with van der Waals surface area (Å²) in [5.41, 5.74) is 3.27. The molecule has 1 aliphatic heterocycles. The molecule has 0 saturated carbocycles. The zero-order chi connectivity index (χ0) is 18.4. The molecule has 2 aromatic carbocycles. The quantitative estimate of drug-likeness (QED) is 0.831. The van der Waals surface area contributed by atoms with E-state index in [2.05, 4.69) is 35.6 Å². The topological polar surface area (TPSA) is 69.6 Å². The van der Waals surface area contributed by atoms with Crippen molar-refractivity contribution in [2.24, 2.45) is 5.92 Å². The van der Waals surface area contributed by atoms with Gasteiger partial charge in [-0.25, -0.2) is 4.79 Å². The third kappa shape index (κ3) is 4.85. The van der Waals surface area contributed by atoms with Crippen LogP contribution in [0.25, 0.3) is 0 Å². The summed E-state index contributed by atoms with van der Waals surface area (Å²) in [6.07, 6.45) is 3.54. The van der Waals surface area contributed by atoms with Crippen LogP contribution in [0.4, 0.5) is 10.5 Å². The van der Waals surface area contributed by atoms with Crippen molar-refractivity contribution in [3.05, 3.63) is 65.7 Å². The Kier molecular flexibility index (Phi) is 5.89. The van der Waals surface area contributed by atoms with Crippen LogP contribution in [-0.2, 0) is 17.6 Å². The molecular formula is C21H24N2O3. The Morgan fingerprint density at radius 3 is 2.50 bits per heavy atom. The number of nitrogens with one attached hydrogen (secondary N) is 1. The standard InChI is InChI=1S/C21H24N2O3/c24-20(25)18-12-13-23(15-18)21(26)22-19-11-5-10-17(14-19)9-4-8-16-6-2-1-3-7-16/h1-3,5-7,10-11,14,18H,4,8-9,12-13,15H2,(H,22,26)(H,24,25). The van der Waals surface area contributed by atoms with Gasteiger partial charge in [0.15, 0.2) is 0 Å². The first-order valence-electron chi connectivity index (χ1n) is 9.03. The summed E-state index contributed by atoms with van der Waals surface area (Å²) >= 11 is 0. The normalized spacial score (nSPS) is 16.5. The molecule has 26 heavy (non-hydrogen) atoms. The van der Waals surface area contributed by atoms with Crippen LogP contribution in [0.2, 0.25) is 0 Å². The van der Waals surface area contributed by atoms with Crippen LogP contribution < -0.4 is 5.32 Å². The van der Waals surface area contributed by atoms with Crippen LogP contribution >= 0.6 is 0 Å². The van der Waals surface area contributed by atoms with E-state index in [1.54, 1.807) is 4.90 Å². The SMILES string of the molecule is O=C(O)C1CCN(C(=O)Nc2cccc(CCCc3ccccc3)c2)C1. The predicted octanol–water partition coefficient (Wildman–Crippen LogP) is 3.80. The second kappa shape index (κ2) is 8.52. The largest absolute Gasteiger partial charge is 0.481 e. The molecule has 1 saturated heterocycles. The van der Waals surface area contributed by atoms with Crippen LogP contribution in [0.3, 0.4) is 0 Å². The van der Waals surface area contributed by atoms with Crippen LogP contribution in [0.15, 0.2) is 54.6 Å². The van der Waals surface area contributed by atoms with E-state index < -0.39 is 11.9 Å². The Balaban J connectivity index is 1.51. The molecule has 1 heterocycles. The second-order valence-electron chi connectivity index (χ2n) is 6.74. The highest BCUT2D eigenvalue weighted by Crippen LogP contribution is 2.19. The Morgan fingerprint density at radius 1 is 1.04 bits per heavy atom. The first kappa shape index (κ1) is 18.0. The number of carboxylic acids is 1. The van der Waals surface area contributed by atoms with Crippen LogP contribution in [-0.4, -0.2) is 35.1 Å². The Hall–Kier alpha value is -2.82. The summed E-state index contributed by atoms with van der Waals surface area (Å²) in [4.78, 5) is 24.9. The van der Waals surface area contributed by atoms with E-state index in [1.807, 2.05) is 24.3 Å². The molecule has 5 nitrogen and oxygen atoms in total. The van der Waals surface area contributed by atoms with Gasteiger partial charge in [-0.3, -0.25) is 4.79 Å². The van der Waals surface area contributed by atoms with E-state index in [-0.39, 0.29) is 12.6 Å². The third-order valence-corrected chi connectivity index (χ3v) is 4.78. The Morgan fingerprint density at radius 2 is 1.77 bits per heavy atom. The molecule has 1 unspecified atom stereocenters. The number of carbonyl (C=O) groups is 2. The van der Waals surface area contributed by atoms with Crippen molar-refractivity contribution in [2.75, 3.05) is 18.4 Å². The number of hydrogen-bond donors (Lipinski definition) is 2. The minimum atomic E-state index is -0.833. The van der Waals surface area contributed by atoms with E-state index in [1.165, 1.54) is 11.1 Å². The first-order chi connectivity index (χ1) is 12.6. The van der Waals surface area contributed by atoms with Crippen LogP contribution in [0.1, 0.15) is 24.0 Å². The molecular weight excluding hydrogens is 328 g/mol. The van der Waals surface area contributed by atoms with Gasteiger partial charge in [-0.05, 0) is 48.9 Å². The van der Waals surface area contributed by atoms with Gasteiger partial charge in [0.1, 0.15) is 0 Å². The average molecular weight is 352 g/mol. The highest BCUT2D eigenvalue weighted by atomic mass is 16.4. The number of anilines is 1. The summed E-state index contributed by atoms with van der Waals surface area (Å²) in [7, 11) is 0. The van der Waals surface area contributed by atoms with Crippen molar-refractivity contribution >= 4 is 17.7 Å². The molecule has 1 fully saturated rings. The molecule has 2 aromatic rings. The third-order valence-electron chi connectivity index (χ3n) is 4.78. The molecule has 136 valence electrons. The molecule has 3 rings (SSSR count). The molecule has 2 amide bonds. The lowest BCUT2D eigenvalue weighted by Crippen LogP contribution is -2.33. The number of nitrogens with zero attached hydrogens (tertiary/aromatic N) is 1. The first-order valence-corrected chi connectivity index (χ1v) is 9.03. The van der Waals surface area contributed by atoms with Gasteiger partial charge < -0.3 is 15.3 Å². The van der Waals surface area contributed by atoms with Gasteiger partial charge >= 0.3 is 12.0 Å². The van der Waals surface area contributed by atoms with E-state index in [0.717, 1.165) is 24.9 Å². The average Bonchev–Trinajstić information content (AvgIpc) is 3.14. The van der Waals surface area contributed by atoms with Gasteiger partial charge in [-0.2, -0.15) is 0 Å².